The minimum absolute atomic E-state index is 0.00917. The van der Waals surface area contributed by atoms with Crippen LogP contribution in [0.5, 0.6) is 0 Å². The Morgan fingerprint density at radius 2 is 2.14 bits per heavy atom. The van der Waals surface area contributed by atoms with Crippen LogP contribution in [0, 0.1) is 5.92 Å². The lowest BCUT2D eigenvalue weighted by Crippen LogP contribution is -2.43. The fraction of sp³-hybridized carbons (Fsp3) is 0.643. The van der Waals surface area contributed by atoms with Gasteiger partial charge in [-0.05, 0) is 38.1 Å². The van der Waals surface area contributed by atoms with Crippen molar-refractivity contribution in [3.8, 4) is 0 Å². The molecule has 0 radical (unpaired) electrons. The zero-order valence-corrected chi connectivity index (χ0v) is 14.0. The summed E-state index contributed by atoms with van der Waals surface area (Å²) in [6.07, 6.45) is 1.20. The Morgan fingerprint density at radius 3 is 2.67 bits per heavy atom. The van der Waals surface area contributed by atoms with Crippen LogP contribution >= 0.6 is 11.3 Å². The van der Waals surface area contributed by atoms with Crippen molar-refractivity contribution in [2.75, 3.05) is 18.8 Å². The largest absolute Gasteiger partial charge is 0.349 e. The van der Waals surface area contributed by atoms with E-state index >= 15 is 0 Å². The van der Waals surface area contributed by atoms with Crippen molar-refractivity contribution < 1.29 is 13.2 Å². The van der Waals surface area contributed by atoms with Gasteiger partial charge in [-0.1, -0.05) is 6.07 Å². The minimum atomic E-state index is -3.13. The molecule has 1 N–H and O–H groups in total. The smallest absolute Gasteiger partial charge is 0.223 e. The van der Waals surface area contributed by atoms with Crippen molar-refractivity contribution in [1.29, 1.82) is 0 Å². The second kappa shape index (κ2) is 6.89. The molecule has 118 valence electrons. The van der Waals surface area contributed by atoms with Crippen LogP contribution in [0.2, 0.25) is 0 Å². The molecule has 1 aromatic heterocycles. The fourth-order valence-electron chi connectivity index (χ4n) is 2.52. The lowest BCUT2D eigenvalue weighted by molar-refractivity contribution is -0.126. The summed E-state index contributed by atoms with van der Waals surface area (Å²) in [7, 11) is -3.13. The number of carbonyl (C=O) groups is 1. The number of hydrogen-bond acceptors (Lipinski definition) is 4. The number of sulfonamides is 1. The third kappa shape index (κ3) is 4.05. The van der Waals surface area contributed by atoms with Gasteiger partial charge in [0.2, 0.25) is 15.9 Å². The van der Waals surface area contributed by atoms with Crippen molar-refractivity contribution in [1.82, 2.24) is 9.62 Å². The van der Waals surface area contributed by atoms with Crippen molar-refractivity contribution >= 4 is 27.3 Å². The van der Waals surface area contributed by atoms with Crippen LogP contribution in [0.4, 0.5) is 0 Å². The summed E-state index contributed by atoms with van der Waals surface area (Å²) >= 11 is 1.62. The highest BCUT2D eigenvalue weighted by Gasteiger charge is 2.30. The SMILES string of the molecule is CCS(=O)(=O)N1CCC(C(=O)N[C@H](C)c2cccs2)CC1. The molecule has 1 aromatic rings. The predicted octanol–water partition coefficient (Wildman–Crippen LogP) is 1.99. The maximum absolute atomic E-state index is 12.3. The van der Waals surface area contributed by atoms with E-state index in [1.807, 2.05) is 24.4 Å². The maximum atomic E-state index is 12.3. The topological polar surface area (TPSA) is 66.5 Å². The summed E-state index contributed by atoms with van der Waals surface area (Å²) < 4.78 is 25.1. The van der Waals surface area contributed by atoms with Gasteiger partial charge in [0, 0.05) is 23.9 Å². The van der Waals surface area contributed by atoms with Crippen molar-refractivity contribution in [3.05, 3.63) is 22.4 Å². The average molecular weight is 330 g/mol. The van der Waals surface area contributed by atoms with Crippen LogP contribution in [0.15, 0.2) is 17.5 Å². The Morgan fingerprint density at radius 1 is 1.48 bits per heavy atom. The van der Waals surface area contributed by atoms with Crippen molar-refractivity contribution in [2.24, 2.45) is 5.92 Å². The van der Waals surface area contributed by atoms with Gasteiger partial charge in [-0.25, -0.2) is 12.7 Å². The molecule has 1 amide bonds. The van der Waals surface area contributed by atoms with Crippen LogP contribution < -0.4 is 5.32 Å². The van der Waals surface area contributed by atoms with E-state index in [1.165, 1.54) is 4.31 Å². The Kier molecular flexibility index (Phi) is 5.40. The van der Waals surface area contributed by atoms with E-state index in [1.54, 1.807) is 18.3 Å². The third-order valence-electron chi connectivity index (χ3n) is 3.91. The second-order valence-corrected chi connectivity index (χ2v) is 8.56. The molecule has 2 heterocycles. The molecule has 5 nitrogen and oxygen atoms in total. The van der Waals surface area contributed by atoms with Gasteiger partial charge in [0.15, 0.2) is 0 Å². The molecule has 1 aliphatic heterocycles. The van der Waals surface area contributed by atoms with E-state index in [9.17, 15) is 13.2 Å². The minimum Gasteiger partial charge on any atom is -0.349 e. The predicted molar refractivity (Wildman–Crippen MR) is 84.6 cm³/mol. The normalized spacial score (nSPS) is 19.3. The number of nitrogens with one attached hydrogen (secondary N) is 1. The molecule has 1 saturated heterocycles. The van der Waals surface area contributed by atoms with Gasteiger partial charge in [-0.15, -0.1) is 11.3 Å². The number of piperidine rings is 1. The lowest BCUT2D eigenvalue weighted by atomic mass is 9.97. The molecule has 0 bridgehead atoms. The molecule has 7 heteroatoms. The number of thiophene rings is 1. The summed E-state index contributed by atoms with van der Waals surface area (Å²) in [5, 5.41) is 5.02. The number of hydrogen-bond donors (Lipinski definition) is 1. The first-order valence-corrected chi connectivity index (χ1v) is 9.74. The standard InChI is InChI=1S/C14H22N2O3S2/c1-3-21(18,19)16-8-6-12(7-9-16)14(17)15-11(2)13-5-4-10-20-13/h4-5,10-12H,3,6-9H2,1-2H3,(H,15,17)/t11-/m1/s1. The van der Waals surface area contributed by atoms with Gasteiger partial charge in [0.25, 0.3) is 0 Å². The molecular weight excluding hydrogens is 308 g/mol. The molecule has 21 heavy (non-hydrogen) atoms. The lowest BCUT2D eigenvalue weighted by Gasteiger charge is -2.30. The van der Waals surface area contributed by atoms with Gasteiger partial charge in [-0.3, -0.25) is 4.79 Å². The fourth-order valence-corrected chi connectivity index (χ4v) is 4.39. The van der Waals surface area contributed by atoms with E-state index in [4.69, 9.17) is 0 Å². The number of amides is 1. The van der Waals surface area contributed by atoms with Crippen LogP contribution in [0.25, 0.3) is 0 Å². The van der Waals surface area contributed by atoms with Gasteiger partial charge in [0.05, 0.1) is 11.8 Å². The number of rotatable bonds is 5. The first-order valence-electron chi connectivity index (χ1n) is 7.25. The van der Waals surface area contributed by atoms with Gasteiger partial charge >= 0.3 is 0 Å². The monoisotopic (exact) mass is 330 g/mol. The van der Waals surface area contributed by atoms with E-state index < -0.39 is 10.0 Å². The molecule has 0 aliphatic carbocycles. The summed E-state index contributed by atoms with van der Waals surface area (Å²) in [5.74, 6) is 0.0689. The van der Waals surface area contributed by atoms with Crippen molar-refractivity contribution in [3.63, 3.8) is 0 Å². The van der Waals surface area contributed by atoms with Crippen LogP contribution in [0.3, 0.4) is 0 Å². The Hall–Kier alpha value is -0.920. The first-order chi connectivity index (χ1) is 9.94. The first kappa shape index (κ1) is 16.5. The van der Waals surface area contributed by atoms with Gasteiger partial charge in [0.1, 0.15) is 0 Å². The Bertz CT molecular complexity index is 561. The highest BCUT2D eigenvalue weighted by Crippen LogP contribution is 2.23. The molecule has 1 atom stereocenters. The Balaban J connectivity index is 1.86. The number of carbonyl (C=O) groups excluding carboxylic acids is 1. The summed E-state index contributed by atoms with van der Waals surface area (Å²) in [6.45, 7) is 4.51. The van der Waals surface area contributed by atoms with E-state index in [0.29, 0.717) is 25.9 Å². The maximum Gasteiger partial charge on any atom is 0.223 e. The molecule has 1 fully saturated rings. The highest BCUT2D eigenvalue weighted by atomic mass is 32.2. The number of nitrogens with zero attached hydrogens (tertiary/aromatic N) is 1. The van der Waals surface area contributed by atoms with Crippen molar-refractivity contribution in [2.45, 2.75) is 32.7 Å². The van der Waals surface area contributed by atoms with E-state index in [2.05, 4.69) is 5.32 Å². The molecule has 0 unspecified atom stereocenters. The highest BCUT2D eigenvalue weighted by molar-refractivity contribution is 7.89. The summed E-state index contributed by atoms with van der Waals surface area (Å²) in [6, 6.07) is 3.98. The molecule has 1 aliphatic rings. The summed E-state index contributed by atoms with van der Waals surface area (Å²) in [4.78, 5) is 13.4. The third-order valence-corrected chi connectivity index (χ3v) is 6.85. The summed E-state index contributed by atoms with van der Waals surface area (Å²) in [5.41, 5.74) is 0. The molecule has 2 rings (SSSR count). The zero-order valence-electron chi connectivity index (χ0n) is 12.4. The molecule has 0 spiro atoms. The molecule has 0 aromatic carbocycles. The second-order valence-electron chi connectivity index (χ2n) is 5.32. The van der Waals surface area contributed by atoms with Crippen LogP contribution in [0.1, 0.15) is 37.6 Å². The average Bonchev–Trinajstić information content (AvgIpc) is 3.01. The zero-order chi connectivity index (χ0) is 15.5. The Labute approximate surface area is 130 Å². The van der Waals surface area contributed by atoms with E-state index in [0.717, 1.165) is 4.88 Å². The van der Waals surface area contributed by atoms with E-state index in [-0.39, 0.29) is 23.6 Å². The molecule has 0 saturated carbocycles. The quantitative estimate of drug-likeness (QED) is 0.898. The molecular formula is C14H22N2O3S2. The van der Waals surface area contributed by atoms with Gasteiger partial charge < -0.3 is 5.32 Å². The van der Waals surface area contributed by atoms with Crippen LogP contribution in [-0.2, 0) is 14.8 Å². The van der Waals surface area contributed by atoms with Crippen LogP contribution in [-0.4, -0.2) is 37.5 Å². The van der Waals surface area contributed by atoms with Gasteiger partial charge in [-0.2, -0.15) is 0 Å².